The van der Waals surface area contributed by atoms with Crippen molar-refractivity contribution in [3.05, 3.63) is 46.5 Å². The Balaban J connectivity index is 0.000000536. The van der Waals surface area contributed by atoms with Gasteiger partial charge in [-0.15, -0.1) is 47.3 Å². The molecule has 2 aromatic carbocycles. The minimum absolute atomic E-state index is 0.120. The first-order valence-electron chi connectivity index (χ1n) is 9.27. The van der Waals surface area contributed by atoms with E-state index < -0.39 is 0 Å². The minimum Gasteiger partial charge on any atom is -0.507 e. The fourth-order valence-electron chi connectivity index (χ4n) is 2.67. The van der Waals surface area contributed by atoms with E-state index in [0.29, 0.717) is 28.2 Å². The summed E-state index contributed by atoms with van der Waals surface area (Å²) in [4.78, 5) is 22.5. The third-order valence-electron chi connectivity index (χ3n) is 4.00. The molecule has 0 aliphatic carbocycles. The second-order valence-corrected chi connectivity index (χ2v) is 12.7. The molecule has 2 aromatic rings. The number of methoxy groups -OCH3 is 3. The fraction of sp³-hybridized carbons (Fsp3) is 0.333. The lowest BCUT2D eigenvalue weighted by Crippen LogP contribution is -2.03. The highest BCUT2D eigenvalue weighted by atomic mass is 79.9. The molecule has 0 aliphatic heterocycles. The molecule has 3 N–H and O–H groups in total. The first-order valence-corrected chi connectivity index (χ1v) is 12.0. The topological polar surface area (TPSA) is 123 Å². The number of benzene rings is 2. The van der Waals surface area contributed by atoms with Crippen molar-refractivity contribution in [1.82, 2.24) is 0 Å². The van der Waals surface area contributed by atoms with E-state index in [1.807, 2.05) is 0 Å². The van der Waals surface area contributed by atoms with Gasteiger partial charge in [-0.3, -0.25) is 9.59 Å². The average Bonchev–Trinajstić information content (AvgIpc) is 2.76. The highest BCUT2D eigenvalue weighted by Gasteiger charge is 2.16. The Labute approximate surface area is 218 Å². The number of carbonyl (C=O) groups excluding carboxylic acids is 2. The first kappa shape index (κ1) is 31.4. The number of ketones is 2. The highest BCUT2D eigenvalue weighted by molar-refractivity contribution is 9.69. The van der Waals surface area contributed by atoms with E-state index in [9.17, 15) is 14.7 Å². The molecule has 0 bridgehead atoms. The monoisotopic (exact) mass is 654 g/mol. The molecule has 0 heterocycles. The van der Waals surface area contributed by atoms with Gasteiger partial charge in [0, 0.05) is 0 Å². The van der Waals surface area contributed by atoms with Gasteiger partial charge in [0.1, 0.15) is 34.1 Å². The van der Waals surface area contributed by atoms with Gasteiger partial charge in [-0.1, -0.05) is 0 Å². The Bertz CT molecular complexity index is 910. The number of halogens is 3. The summed E-state index contributed by atoms with van der Waals surface area (Å²) in [5, 5.41) is 27.4. The van der Waals surface area contributed by atoms with E-state index in [1.54, 1.807) is 12.1 Å². The zero-order valence-corrected chi connectivity index (χ0v) is 23.6. The molecule has 0 amide bonds. The molecular weight excluding hydrogens is 631 g/mol. The number of aliphatic hydroxyl groups excluding tert-OH is 2. The lowest BCUT2D eigenvalue weighted by molar-refractivity contribution is 0.0998. The quantitative estimate of drug-likeness (QED) is 0.291. The highest BCUT2D eigenvalue weighted by Crippen LogP contribution is 2.31. The van der Waals surface area contributed by atoms with Crippen molar-refractivity contribution >= 4 is 62.0 Å². The van der Waals surface area contributed by atoms with Crippen molar-refractivity contribution in [3.8, 4) is 23.0 Å². The number of aliphatic hydroxyl groups is 2. The van der Waals surface area contributed by atoms with Crippen molar-refractivity contribution in [2.24, 2.45) is 0 Å². The van der Waals surface area contributed by atoms with Gasteiger partial charge in [-0.25, -0.2) is 0 Å². The van der Waals surface area contributed by atoms with Crippen LogP contribution in [0.2, 0.25) is 0 Å². The molecule has 12 heteroatoms. The van der Waals surface area contributed by atoms with Crippen LogP contribution < -0.4 is 14.2 Å². The van der Waals surface area contributed by atoms with Crippen molar-refractivity contribution in [1.29, 1.82) is 0 Å². The molecule has 182 valence electrons. The van der Waals surface area contributed by atoms with E-state index in [4.69, 9.17) is 24.4 Å². The molecule has 0 saturated heterocycles. The third kappa shape index (κ3) is 10.5. The van der Waals surface area contributed by atoms with Crippen molar-refractivity contribution in [2.45, 2.75) is 27.1 Å². The Morgan fingerprint density at radius 3 is 1.33 bits per heavy atom. The summed E-state index contributed by atoms with van der Waals surface area (Å²) in [5.41, 5.74) is 1.69. The van der Waals surface area contributed by atoms with Gasteiger partial charge in [0.25, 0.3) is 0 Å². The zero-order chi connectivity index (χ0) is 25.7. The van der Waals surface area contributed by atoms with Gasteiger partial charge in [0.05, 0.1) is 34.5 Å². The largest absolute Gasteiger partial charge is 0.507 e. The number of rotatable bonds is 7. The van der Waals surface area contributed by atoms with Crippen LogP contribution in [-0.2, 0) is 13.2 Å². The molecule has 0 saturated carbocycles. The van der Waals surface area contributed by atoms with Crippen LogP contribution in [0.4, 0.5) is 0 Å². The van der Waals surface area contributed by atoms with Gasteiger partial charge >= 0.3 is 3.18 Å². The second kappa shape index (κ2) is 16.1. The van der Waals surface area contributed by atoms with Gasteiger partial charge < -0.3 is 29.5 Å². The Morgan fingerprint density at radius 2 is 1.06 bits per heavy atom. The van der Waals surface area contributed by atoms with Crippen molar-refractivity contribution in [2.75, 3.05) is 21.3 Å². The normalized spacial score (nSPS) is 9.52. The number of ether oxygens (including phenoxy) is 3. The SMILES string of the molecule is BrB(Br)Br.COc1cc(CO)cc(O)c1C(C)=O.COc1cc(CO)cc(OC)c1C(C)=O. The molecule has 0 spiro atoms. The molecular formula is C21H26BBr3O8. The van der Waals surface area contributed by atoms with E-state index in [1.165, 1.54) is 47.3 Å². The molecule has 8 nitrogen and oxygen atoms in total. The number of hydrogen-bond acceptors (Lipinski definition) is 8. The number of aromatic hydroxyl groups is 1. The van der Waals surface area contributed by atoms with Gasteiger partial charge in [0.15, 0.2) is 11.6 Å². The molecule has 33 heavy (non-hydrogen) atoms. The molecule has 0 fully saturated rings. The maximum atomic E-state index is 11.4. The summed E-state index contributed by atoms with van der Waals surface area (Å²) in [6, 6.07) is 6.12. The lowest BCUT2D eigenvalue weighted by atomic mass is 10.1. The first-order chi connectivity index (χ1) is 15.5. The van der Waals surface area contributed by atoms with Crippen LogP contribution in [0.3, 0.4) is 0 Å². The summed E-state index contributed by atoms with van der Waals surface area (Å²) in [6.45, 7) is 2.46. The van der Waals surface area contributed by atoms with Crippen LogP contribution in [0.1, 0.15) is 45.7 Å². The van der Waals surface area contributed by atoms with Crippen LogP contribution in [0, 0.1) is 0 Å². The zero-order valence-electron chi connectivity index (χ0n) is 18.8. The maximum Gasteiger partial charge on any atom is 0.369 e. The Kier molecular flexibility index (Phi) is 15.3. The lowest BCUT2D eigenvalue weighted by Gasteiger charge is -2.12. The second-order valence-electron chi connectivity index (χ2n) is 6.24. The average molecular weight is 657 g/mol. The molecule has 0 aliphatic rings. The van der Waals surface area contributed by atoms with Crippen LogP contribution in [0.25, 0.3) is 0 Å². The van der Waals surface area contributed by atoms with E-state index in [0.717, 1.165) is 0 Å². The molecule has 0 unspecified atom stereocenters. The number of carbonyl (C=O) groups is 2. The summed E-state index contributed by atoms with van der Waals surface area (Å²) in [6.07, 6.45) is 0. The van der Waals surface area contributed by atoms with Gasteiger partial charge in [0.2, 0.25) is 0 Å². The number of phenolic OH excluding ortho intramolecular Hbond substituents is 1. The fourth-order valence-corrected chi connectivity index (χ4v) is 2.67. The molecule has 0 radical (unpaired) electrons. The van der Waals surface area contributed by atoms with Crippen LogP contribution in [0.15, 0.2) is 24.3 Å². The van der Waals surface area contributed by atoms with Crippen molar-refractivity contribution in [3.63, 3.8) is 0 Å². The summed E-state index contributed by atoms with van der Waals surface area (Å²) >= 11 is 9.31. The summed E-state index contributed by atoms with van der Waals surface area (Å²) < 4.78 is 15.4. The molecule has 0 atom stereocenters. The van der Waals surface area contributed by atoms with Crippen LogP contribution in [-0.4, -0.2) is 51.4 Å². The Morgan fingerprint density at radius 1 is 0.758 bits per heavy atom. The molecule has 0 aromatic heterocycles. The summed E-state index contributed by atoms with van der Waals surface area (Å²) in [5.74, 6) is 0.552. The van der Waals surface area contributed by atoms with Gasteiger partial charge in [-0.2, -0.15) is 0 Å². The predicted octanol–water partition coefficient (Wildman–Crippen LogP) is 4.65. The third-order valence-corrected chi connectivity index (χ3v) is 4.00. The molecule has 2 rings (SSSR count). The van der Waals surface area contributed by atoms with E-state index in [2.05, 4.69) is 47.3 Å². The van der Waals surface area contributed by atoms with Crippen LogP contribution >= 0.6 is 47.3 Å². The number of phenols is 1. The van der Waals surface area contributed by atoms with Gasteiger partial charge in [-0.05, 0) is 49.2 Å². The minimum atomic E-state index is -0.274. The number of hydrogen-bond donors (Lipinski definition) is 3. The standard InChI is InChI=1S/C11H14O4.C10H12O4.BBr3/c1-7(13)11-9(14-2)4-8(6-12)5-10(11)15-3;1-6(12)10-8(13)3-7(5-11)4-9(10)14-2;2-1(3)4/h4-5,12H,6H2,1-3H3;3-4,11,13H,5H2,1-2H3;. The van der Waals surface area contributed by atoms with Crippen LogP contribution in [0.5, 0.6) is 23.0 Å². The number of Topliss-reactive ketones (excluding diaryl/α,β-unsaturated/α-hetero) is 2. The van der Waals surface area contributed by atoms with Crippen molar-refractivity contribution < 1.29 is 39.1 Å². The van der Waals surface area contributed by atoms with E-state index >= 15 is 0 Å². The predicted molar refractivity (Wildman–Crippen MR) is 139 cm³/mol. The van der Waals surface area contributed by atoms with E-state index in [-0.39, 0.29) is 45.0 Å². The Hall–Kier alpha value is -1.60. The smallest absolute Gasteiger partial charge is 0.369 e. The summed E-state index contributed by atoms with van der Waals surface area (Å²) in [7, 11) is 4.35. The maximum absolute atomic E-state index is 11.4.